The third-order valence-corrected chi connectivity index (χ3v) is 2.87. The number of hydrogen-bond acceptors (Lipinski definition) is 4. The Bertz CT molecular complexity index is 690. The van der Waals surface area contributed by atoms with Crippen molar-refractivity contribution in [2.75, 3.05) is 0 Å². The molecule has 0 aromatic heterocycles. The monoisotopic (exact) mass is 266 g/mol. The molecule has 0 radical (unpaired) electrons. The Morgan fingerprint density at radius 1 is 1.15 bits per heavy atom. The number of nitro groups is 1. The number of carbonyl (C=O) groups is 1. The van der Waals surface area contributed by atoms with E-state index >= 15 is 0 Å². The first-order valence-electron chi connectivity index (χ1n) is 5.86. The Kier molecular flexibility index (Phi) is 3.87. The first-order valence-corrected chi connectivity index (χ1v) is 5.86. The zero-order chi connectivity index (χ0) is 14.5. The molecule has 20 heavy (non-hydrogen) atoms. The maximum Gasteiger partial charge on any atom is 0.270 e. The molecular weight excluding hydrogens is 256 g/mol. The smallest absolute Gasteiger partial charge is 0.270 e. The van der Waals surface area contributed by atoms with Gasteiger partial charge in [0.25, 0.3) is 5.69 Å². The van der Waals surface area contributed by atoms with Gasteiger partial charge in [0, 0.05) is 17.7 Å². The van der Waals surface area contributed by atoms with Gasteiger partial charge in [0.05, 0.1) is 11.0 Å². The molecule has 2 aromatic carbocycles. The van der Waals surface area contributed by atoms with Crippen LogP contribution in [0, 0.1) is 21.4 Å². The lowest BCUT2D eigenvalue weighted by molar-refractivity contribution is -0.384. The topological polar surface area (TPSA) is 84.0 Å². The van der Waals surface area contributed by atoms with Crippen molar-refractivity contribution in [2.45, 2.75) is 5.92 Å². The minimum atomic E-state index is -0.960. The molecule has 0 saturated heterocycles. The van der Waals surface area contributed by atoms with Gasteiger partial charge in [-0.3, -0.25) is 14.9 Å². The van der Waals surface area contributed by atoms with Crippen LogP contribution in [0.1, 0.15) is 21.8 Å². The van der Waals surface area contributed by atoms with Crippen LogP contribution in [0.5, 0.6) is 0 Å². The molecule has 0 heterocycles. The SMILES string of the molecule is N#CC(C(=O)c1cccc([N+](=O)[O-])c1)c1ccccc1. The minimum Gasteiger partial charge on any atom is -0.292 e. The fourth-order valence-electron chi connectivity index (χ4n) is 1.87. The van der Waals surface area contributed by atoms with E-state index in [4.69, 9.17) is 0 Å². The van der Waals surface area contributed by atoms with E-state index in [0.717, 1.165) is 0 Å². The van der Waals surface area contributed by atoms with Crippen LogP contribution in [0.15, 0.2) is 54.6 Å². The molecule has 0 spiro atoms. The lowest BCUT2D eigenvalue weighted by Gasteiger charge is -2.08. The van der Waals surface area contributed by atoms with Crippen molar-refractivity contribution in [3.8, 4) is 6.07 Å². The summed E-state index contributed by atoms with van der Waals surface area (Å²) in [4.78, 5) is 22.5. The molecule has 0 bridgehead atoms. The van der Waals surface area contributed by atoms with Crippen LogP contribution in [-0.4, -0.2) is 10.7 Å². The third-order valence-electron chi connectivity index (χ3n) is 2.87. The van der Waals surface area contributed by atoms with Crippen LogP contribution in [-0.2, 0) is 0 Å². The number of hydrogen-bond donors (Lipinski definition) is 0. The van der Waals surface area contributed by atoms with E-state index < -0.39 is 16.6 Å². The average Bonchev–Trinajstić information content (AvgIpc) is 2.49. The van der Waals surface area contributed by atoms with Crippen molar-refractivity contribution >= 4 is 11.5 Å². The van der Waals surface area contributed by atoms with E-state index in [-0.39, 0.29) is 11.3 Å². The van der Waals surface area contributed by atoms with Gasteiger partial charge in [-0.15, -0.1) is 0 Å². The van der Waals surface area contributed by atoms with Crippen molar-refractivity contribution in [3.05, 3.63) is 75.8 Å². The Morgan fingerprint density at radius 3 is 2.45 bits per heavy atom. The third kappa shape index (κ3) is 2.70. The van der Waals surface area contributed by atoms with Gasteiger partial charge >= 0.3 is 0 Å². The van der Waals surface area contributed by atoms with Crippen LogP contribution in [0.2, 0.25) is 0 Å². The van der Waals surface area contributed by atoms with Crippen molar-refractivity contribution in [1.82, 2.24) is 0 Å². The van der Waals surface area contributed by atoms with Crippen LogP contribution in [0.4, 0.5) is 5.69 Å². The fourth-order valence-corrected chi connectivity index (χ4v) is 1.87. The van der Waals surface area contributed by atoms with Gasteiger partial charge in [0.2, 0.25) is 0 Å². The minimum absolute atomic E-state index is 0.162. The van der Waals surface area contributed by atoms with E-state index in [1.54, 1.807) is 30.3 Å². The number of non-ortho nitro benzene ring substituents is 1. The number of benzene rings is 2. The van der Waals surface area contributed by atoms with Gasteiger partial charge in [-0.25, -0.2) is 0 Å². The Balaban J connectivity index is 2.37. The highest BCUT2D eigenvalue weighted by atomic mass is 16.6. The molecular formula is C15H10N2O3. The van der Waals surface area contributed by atoms with Gasteiger partial charge in [0.1, 0.15) is 5.92 Å². The van der Waals surface area contributed by atoms with Crippen molar-refractivity contribution in [2.24, 2.45) is 0 Å². The Morgan fingerprint density at radius 2 is 1.85 bits per heavy atom. The molecule has 5 nitrogen and oxygen atoms in total. The average molecular weight is 266 g/mol. The van der Waals surface area contributed by atoms with Crippen LogP contribution < -0.4 is 0 Å². The normalized spacial score (nSPS) is 11.3. The summed E-state index contributed by atoms with van der Waals surface area (Å²) in [6, 6.07) is 16.0. The Labute approximate surface area is 115 Å². The highest BCUT2D eigenvalue weighted by Crippen LogP contribution is 2.22. The van der Waals surface area contributed by atoms with Crippen molar-refractivity contribution in [1.29, 1.82) is 5.26 Å². The molecule has 5 heteroatoms. The van der Waals surface area contributed by atoms with Crippen LogP contribution >= 0.6 is 0 Å². The lowest BCUT2D eigenvalue weighted by Crippen LogP contribution is -2.11. The number of nitriles is 1. The molecule has 0 aliphatic rings. The molecule has 0 N–H and O–H groups in total. The largest absolute Gasteiger partial charge is 0.292 e. The van der Waals surface area contributed by atoms with Gasteiger partial charge in [0.15, 0.2) is 5.78 Å². The zero-order valence-corrected chi connectivity index (χ0v) is 10.4. The summed E-state index contributed by atoms with van der Waals surface area (Å²) in [5.41, 5.74) is 0.571. The van der Waals surface area contributed by atoms with E-state index in [1.165, 1.54) is 24.3 Å². The maximum atomic E-state index is 12.3. The second-order valence-corrected chi connectivity index (χ2v) is 4.14. The number of rotatable bonds is 4. The molecule has 2 aromatic rings. The highest BCUT2D eigenvalue weighted by molar-refractivity contribution is 6.03. The number of nitrogens with zero attached hydrogens (tertiary/aromatic N) is 2. The number of carbonyl (C=O) groups excluding carboxylic acids is 1. The van der Waals surface area contributed by atoms with Crippen molar-refractivity contribution in [3.63, 3.8) is 0 Å². The molecule has 0 saturated carbocycles. The molecule has 0 aliphatic heterocycles. The first-order chi connectivity index (χ1) is 9.63. The molecule has 98 valence electrons. The Hall–Kier alpha value is -3.00. The molecule has 0 fully saturated rings. The second kappa shape index (κ2) is 5.76. The quantitative estimate of drug-likeness (QED) is 0.483. The van der Waals surface area contributed by atoms with Gasteiger partial charge < -0.3 is 0 Å². The van der Waals surface area contributed by atoms with Gasteiger partial charge in [-0.05, 0) is 5.56 Å². The predicted octanol–water partition coefficient (Wildman–Crippen LogP) is 3.08. The standard InChI is InChI=1S/C15H10N2O3/c16-10-14(11-5-2-1-3-6-11)15(18)12-7-4-8-13(9-12)17(19)20/h1-9,14H. The van der Waals surface area contributed by atoms with E-state index in [0.29, 0.717) is 5.56 Å². The fraction of sp³-hybridized carbons (Fsp3) is 0.0667. The summed E-state index contributed by atoms with van der Waals surface area (Å²) in [6.45, 7) is 0. The van der Waals surface area contributed by atoms with Crippen LogP contribution in [0.25, 0.3) is 0 Å². The molecule has 2 rings (SSSR count). The molecule has 0 aliphatic carbocycles. The zero-order valence-electron chi connectivity index (χ0n) is 10.4. The maximum absolute atomic E-state index is 12.3. The second-order valence-electron chi connectivity index (χ2n) is 4.14. The van der Waals surface area contributed by atoms with E-state index in [2.05, 4.69) is 0 Å². The van der Waals surface area contributed by atoms with E-state index in [1.807, 2.05) is 6.07 Å². The summed E-state index contributed by atoms with van der Waals surface area (Å²) in [6.07, 6.45) is 0. The predicted molar refractivity (Wildman–Crippen MR) is 72.2 cm³/mol. The van der Waals surface area contributed by atoms with Gasteiger partial charge in [-0.2, -0.15) is 5.26 Å². The molecule has 1 unspecified atom stereocenters. The number of nitro benzene ring substituents is 1. The van der Waals surface area contributed by atoms with E-state index in [9.17, 15) is 20.2 Å². The first kappa shape index (κ1) is 13.4. The lowest BCUT2D eigenvalue weighted by atomic mass is 9.92. The summed E-state index contributed by atoms with van der Waals surface area (Å²) in [7, 11) is 0. The number of ketones is 1. The molecule has 0 amide bonds. The van der Waals surface area contributed by atoms with Crippen LogP contribution in [0.3, 0.4) is 0 Å². The summed E-state index contributed by atoms with van der Waals surface area (Å²) >= 11 is 0. The number of Topliss-reactive ketones (excluding diaryl/α,β-unsaturated/α-hetero) is 1. The van der Waals surface area contributed by atoms with Gasteiger partial charge in [-0.1, -0.05) is 42.5 Å². The molecule has 1 atom stereocenters. The summed E-state index contributed by atoms with van der Waals surface area (Å²) in [5.74, 6) is -1.40. The summed E-state index contributed by atoms with van der Waals surface area (Å²) in [5, 5.41) is 19.9. The highest BCUT2D eigenvalue weighted by Gasteiger charge is 2.22. The summed E-state index contributed by atoms with van der Waals surface area (Å²) < 4.78 is 0. The van der Waals surface area contributed by atoms with Crippen molar-refractivity contribution < 1.29 is 9.72 Å².